The van der Waals surface area contributed by atoms with E-state index in [-0.39, 0.29) is 12.0 Å². The smallest absolute Gasteiger partial charge is 0.464 e. The van der Waals surface area contributed by atoms with Crippen molar-refractivity contribution in [1.29, 1.82) is 0 Å². The number of hydrogen-bond acceptors (Lipinski definition) is 4. The van der Waals surface area contributed by atoms with E-state index in [1.54, 1.807) is 13.0 Å². The van der Waals surface area contributed by atoms with Crippen LogP contribution < -0.4 is 4.84 Å². The summed E-state index contributed by atoms with van der Waals surface area (Å²) < 4.78 is 17.2. The summed E-state index contributed by atoms with van der Waals surface area (Å²) in [6.45, 7) is 7.66. The van der Waals surface area contributed by atoms with Crippen LogP contribution in [0.2, 0.25) is 0 Å². The summed E-state index contributed by atoms with van der Waals surface area (Å²) in [6.07, 6.45) is 0. The van der Waals surface area contributed by atoms with Crippen LogP contribution >= 0.6 is 18.5 Å². The zero-order chi connectivity index (χ0) is 18.6. The summed E-state index contributed by atoms with van der Waals surface area (Å²) in [6, 6.07) is 12.2. The van der Waals surface area contributed by atoms with Crippen LogP contribution in [-0.2, 0) is 14.1 Å². The predicted molar refractivity (Wildman–Crippen MR) is 99.8 cm³/mol. The number of hydrogen-bond donors (Lipinski definition) is 0. The molecule has 0 bridgehead atoms. The molecule has 0 aliphatic heterocycles. The van der Waals surface area contributed by atoms with Crippen molar-refractivity contribution in [1.82, 2.24) is 4.83 Å². The van der Waals surface area contributed by atoms with Gasteiger partial charge >= 0.3 is 13.3 Å². The van der Waals surface area contributed by atoms with Crippen LogP contribution in [0.5, 0.6) is 5.75 Å². The molecule has 0 aliphatic rings. The monoisotopic (exact) mass is 382 g/mol. The minimum absolute atomic E-state index is 0.167. The molecule has 2 atom stereocenters. The zero-order valence-electron chi connectivity index (χ0n) is 14.7. The van der Waals surface area contributed by atoms with Gasteiger partial charge in [0.2, 0.25) is 11.2 Å². The molecule has 25 heavy (non-hydrogen) atoms. The van der Waals surface area contributed by atoms with Gasteiger partial charge in [0.25, 0.3) is 0 Å². The third kappa shape index (κ3) is 5.40. The molecule has 0 radical (unpaired) electrons. The molecule has 2 rings (SSSR count). The predicted octanol–water partition coefficient (Wildman–Crippen LogP) is 5.31. The lowest BCUT2D eigenvalue weighted by Crippen LogP contribution is -2.38. The molecule has 0 aromatic heterocycles. The molecular weight excluding hydrogens is 361 g/mol. The largest absolute Gasteiger partial charge is 0.593 e. The number of carbonyl (C=O) groups is 1. The second kappa shape index (κ2) is 8.13. The van der Waals surface area contributed by atoms with Crippen molar-refractivity contribution in [3.8, 4) is 5.75 Å². The van der Waals surface area contributed by atoms with Gasteiger partial charge in [0, 0.05) is 5.39 Å². The molecule has 0 heterocycles. The van der Waals surface area contributed by atoms with Gasteiger partial charge in [-0.3, -0.25) is 4.79 Å². The molecule has 134 valence electrons. The third-order valence-corrected chi connectivity index (χ3v) is 4.60. The second-order valence-electron chi connectivity index (χ2n) is 6.94. The van der Waals surface area contributed by atoms with Crippen molar-refractivity contribution in [3.63, 3.8) is 0 Å². The average molecular weight is 383 g/mol. The van der Waals surface area contributed by atoms with E-state index in [0.717, 1.165) is 15.6 Å². The number of ether oxygens (including phenoxy) is 1. The summed E-state index contributed by atoms with van der Waals surface area (Å²) in [4.78, 5) is 19.0. The van der Waals surface area contributed by atoms with Gasteiger partial charge in [0.05, 0.1) is 6.61 Å². The Kier molecular flexibility index (Phi) is 6.39. The first-order valence-corrected chi connectivity index (χ1v) is 10.1. The van der Waals surface area contributed by atoms with Crippen LogP contribution in [-0.4, -0.2) is 23.5 Å². The number of carbonyl (C=O) groups excluding carboxylic acids is 1. The van der Waals surface area contributed by atoms with Crippen molar-refractivity contribution in [2.45, 2.75) is 33.7 Å². The molecule has 0 aliphatic carbocycles. The van der Waals surface area contributed by atoms with E-state index in [1.165, 1.54) is 0 Å². The van der Waals surface area contributed by atoms with Crippen LogP contribution in [0.3, 0.4) is 0 Å². The van der Waals surface area contributed by atoms with Gasteiger partial charge in [0.1, 0.15) is 4.83 Å². The van der Waals surface area contributed by atoms with Gasteiger partial charge in [-0.2, -0.15) is 0 Å². The Balaban J connectivity index is 2.20. The first-order chi connectivity index (χ1) is 11.7. The summed E-state index contributed by atoms with van der Waals surface area (Å²) in [5.74, 6) is -0.0725. The van der Waals surface area contributed by atoms with E-state index in [2.05, 4.69) is 0 Å². The van der Waals surface area contributed by atoms with E-state index in [4.69, 9.17) is 20.8 Å². The van der Waals surface area contributed by atoms with Gasteiger partial charge in [-0.15, -0.1) is 0 Å². The summed E-state index contributed by atoms with van der Waals surface area (Å²) in [7, 11) is -2.42. The highest BCUT2D eigenvalue weighted by atomic mass is 35.7. The van der Waals surface area contributed by atoms with E-state index in [9.17, 15) is 9.36 Å². The van der Waals surface area contributed by atoms with Crippen molar-refractivity contribution in [2.24, 2.45) is 5.41 Å². The lowest BCUT2D eigenvalue weighted by Gasteiger charge is -2.21. The SMILES string of the molecule is CC(C(=O)OCC(C)(C)C)N(Oc1cccc2ccccc12)[P+](=O)Cl. The number of nitrogens with zero attached hydrogens (tertiary/aromatic N) is 1. The quantitative estimate of drug-likeness (QED) is 0.385. The van der Waals surface area contributed by atoms with E-state index in [0.29, 0.717) is 5.75 Å². The van der Waals surface area contributed by atoms with E-state index < -0.39 is 19.3 Å². The van der Waals surface area contributed by atoms with Crippen LogP contribution in [0, 0.1) is 5.41 Å². The van der Waals surface area contributed by atoms with Crippen molar-refractivity contribution in [3.05, 3.63) is 42.5 Å². The number of fused-ring (bicyclic) bond motifs is 1. The average Bonchev–Trinajstić information content (AvgIpc) is 2.56. The maximum atomic E-state index is 12.3. The minimum atomic E-state index is -2.42. The molecule has 2 aromatic rings. The molecule has 2 unspecified atom stereocenters. The highest BCUT2D eigenvalue weighted by Gasteiger charge is 2.40. The standard InChI is InChI=1S/C18H22ClNO4P/c1-13(17(21)23-12-18(2,3)4)20(25(19)22)24-16-11-7-9-14-8-5-6-10-15(14)16/h5-11,13H,12H2,1-4H3/q+1. The fourth-order valence-electron chi connectivity index (χ4n) is 2.12. The van der Waals surface area contributed by atoms with Gasteiger partial charge in [-0.05, 0) is 28.4 Å². The number of benzene rings is 2. The molecular formula is C18H22ClNO4P+. The molecule has 0 fully saturated rings. The number of rotatable bonds is 6. The lowest BCUT2D eigenvalue weighted by molar-refractivity contribution is -0.156. The minimum Gasteiger partial charge on any atom is -0.464 e. The topological polar surface area (TPSA) is 55.8 Å². The van der Waals surface area contributed by atoms with Crippen molar-refractivity contribution < 1.29 is 18.9 Å². The van der Waals surface area contributed by atoms with Gasteiger partial charge in [0.15, 0.2) is 11.8 Å². The van der Waals surface area contributed by atoms with Crippen LogP contribution in [0.15, 0.2) is 42.5 Å². The molecule has 0 N–H and O–H groups in total. The Morgan fingerprint density at radius 2 is 1.84 bits per heavy atom. The molecule has 2 aromatic carbocycles. The van der Waals surface area contributed by atoms with Gasteiger partial charge in [-0.1, -0.05) is 57.2 Å². The maximum absolute atomic E-state index is 12.3. The number of hydroxylamine groups is 1. The van der Waals surface area contributed by atoms with E-state index >= 15 is 0 Å². The molecule has 5 nitrogen and oxygen atoms in total. The van der Waals surface area contributed by atoms with Crippen molar-refractivity contribution in [2.75, 3.05) is 6.61 Å². The molecule has 0 amide bonds. The zero-order valence-corrected chi connectivity index (χ0v) is 16.4. The van der Waals surface area contributed by atoms with Crippen LogP contribution in [0.25, 0.3) is 10.8 Å². The fourth-order valence-corrected chi connectivity index (χ4v) is 3.13. The molecule has 7 heteroatoms. The second-order valence-corrected chi connectivity index (χ2v) is 8.66. The first kappa shape index (κ1) is 19.6. The van der Waals surface area contributed by atoms with E-state index in [1.807, 2.05) is 57.2 Å². The molecule has 0 spiro atoms. The normalized spacial score (nSPS) is 13.6. The first-order valence-electron chi connectivity index (χ1n) is 7.93. The molecule has 0 saturated heterocycles. The van der Waals surface area contributed by atoms with Gasteiger partial charge in [-0.25, -0.2) is 0 Å². The lowest BCUT2D eigenvalue weighted by atomic mass is 9.99. The molecule has 0 saturated carbocycles. The van der Waals surface area contributed by atoms with Crippen molar-refractivity contribution >= 4 is 35.3 Å². The fraction of sp³-hybridized carbons (Fsp3) is 0.389. The highest BCUT2D eigenvalue weighted by Crippen LogP contribution is 2.37. The Labute approximate surface area is 153 Å². The highest BCUT2D eigenvalue weighted by molar-refractivity contribution is 7.71. The number of esters is 1. The van der Waals surface area contributed by atoms with Crippen LogP contribution in [0.1, 0.15) is 27.7 Å². The Morgan fingerprint density at radius 1 is 1.20 bits per heavy atom. The summed E-state index contributed by atoms with van der Waals surface area (Å²) in [5.41, 5.74) is -0.167. The third-order valence-electron chi connectivity index (χ3n) is 3.42. The van der Waals surface area contributed by atoms with Crippen LogP contribution in [0.4, 0.5) is 0 Å². The summed E-state index contributed by atoms with van der Waals surface area (Å²) in [5, 5.41) is 1.80. The Hall–Kier alpha value is -1.68. The number of halogens is 1. The summed E-state index contributed by atoms with van der Waals surface area (Å²) >= 11 is 5.78. The van der Waals surface area contributed by atoms with Gasteiger partial charge < -0.3 is 9.57 Å². The Bertz CT molecular complexity index is 770. The Morgan fingerprint density at radius 3 is 2.48 bits per heavy atom. The maximum Gasteiger partial charge on any atom is 0.593 e.